The average Bonchev–Trinajstić information content (AvgIpc) is 2.64. The molecule has 0 aromatic rings. The van der Waals surface area contributed by atoms with Gasteiger partial charge in [-0.1, -0.05) is 13.8 Å². The summed E-state index contributed by atoms with van der Waals surface area (Å²) in [7, 11) is 0. The summed E-state index contributed by atoms with van der Waals surface area (Å²) in [6.07, 6.45) is 2.43. The molecular weight excluding hydrogens is 126 g/mol. The zero-order chi connectivity index (χ0) is 7.56. The third-order valence-electron chi connectivity index (χ3n) is 1.96. The van der Waals surface area contributed by atoms with Crippen molar-refractivity contribution in [2.75, 3.05) is 6.54 Å². The van der Waals surface area contributed by atoms with Crippen LogP contribution in [0.5, 0.6) is 0 Å². The summed E-state index contributed by atoms with van der Waals surface area (Å²) < 4.78 is 0. The van der Waals surface area contributed by atoms with Crippen LogP contribution in [0.2, 0.25) is 0 Å². The fourth-order valence-electron chi connectivity index (χ4n) is 0.811. The molecule has 0 saturated heterocycles. The van der Waals surface area contributed by atoms with E-state index in [1.165, 1.54) is 12.8 Å². The molecule has 1 rings (SSSR count). The van der Waals surface area contributed by atoms with Crippen LogP contribution in [0.3, 0.4) is 0 Å². The number of nitrogens with one attached hydrogen (secondary N) is 1. The van der Waals surface area contributed by atoms with E-state index in [0.29, 0.717) is 12.0 Å². The Morgan fingerprint density at radius 3 is 2.50 bits per heavy atom. The summed E-state index contributed by atoms with van der Waals surface area (Å²) in [5.41, 5.74) is 0. The maximum absolute atomic E-state index is 9.34. The van der Waals surface area contributed by atoms with E-state index in [1.807, 2.05) is 13.8 Å². The van der Waals surface area contributed by atoms with Crippen molar-refractivity contribution < 1.29 is 5.11 Å². The molecule has 0 bridgehead atoms. The Hall–Kier alpha value is -0.0800. The zero-order valence-electron chi connectivity index (χ0n) is 6.80. The SMILES string of the molecule is CC(C)C(O)CNC1CC1. The van der Waals surface area contributed by atoms with E-state index < -0.39 is 0 Å². The molecule has 0 heterocycles. The van der Waals surface area contributed by atoms with Crippen molar-refractivity contribution in [1.29, 1.82) is 0 Å². The fraction of sp³-hybridized carbons (Fsp3) is 1.00. The van der Waals surface area contributed by atoms with Crippen LogP contribution in [0.4, 0.5) is 0 Å². The molecule has 1 atom stereocenters. The Bertz CT molecular complexity index is 99.4. The molecular formula is C8H17NO. The van der Waals surface area contributed by atoms with Gasteiger partial charge in [-0.2, -0.15) is 0 Å². The lowest BCUT2D eigenvalue weighted by Crippen LogP contribution is -2.31. The lowest BCUT2D eigenvalue weighted by molar-refractivity contribution is 0.123. The van der Waals surface area contributed by atoms with E-state index in [4.69, 9.17) is 0 Å². The van der Waals surface area contributed by atoms with Gasteiger partial charge in [0.25, 0.3) is 0 Å². The van der Waals surface area contributed by atoms with Gasteiger partial charge in [0.2, 0.25) is 0 Å². The summed E-state index contributed by atoms with van der Waals surface area (Å²) in [6, 6.07) is 0.716. The highest BCUT2D eigenvalue weighted by Crippen LogP contribution is 2.18. The van der Waals surface area contributed by atoms with Gasteiger partial charge in [0.1, 0.15) is 0 Å². The van der Waals surface area contributed by atoms with Crippen molar-refractivity contribution in [3.63, 3.8) is 0 Å². The molecule has 1 fully saturated rings. The lowest BCUT2D eigenvalue weighted by atomic mass is 10.1. The molecule has 1 saturated carbocycles. The zero-order valence-corrected chi connectivity index (χ0v) is 6.80. The maximum atomic E-state index is 9.34. The van der Waals surface area contributed by atoms with Crippen molar-refractivity contribution in [1.82, 2.24) is 5.32 Å². The first kappa shape index (κ1) is 8.02. The van der Waals surface area contributed by atoms with Crippen molar-refractivity contribution >= 4 is 0 Å². The van der Waals surface area contributed by atoms with E-state index in [1.54, 1.807) is 0 Å². The molecule has 0 aromatic heterocycles. The summed E-state index contributed by atoms with van der Waals surface area (Å²) in [5.74, 6) is 0.381. The van der Waals surface area contributed by atoms with Crippen LogP contribution >= 0.6 is 0 Å². The van der Waals surface area contributed by atoms with E-state index in [2.05, 4.69) is 5.32 Å². The Morgan fingerprint density at radius 1 is 1.50 bits per heavy atom. The summed E-state index contributed by atoms with van der Waals surface area (Å²) in [6.45, 7) is 4.85. The minimum Gasteiger partial charge on any atom is -0.392 e. The Labute approximate surface area is 62.6 Å². The topological polar surface area (TPSA) is 32.3 Å². The van der Waals surface area contributed by atoms with Crippen molar-refractivity contribution in [2.45, 2.75) is 38.8 Å². The van der Waals surface area contributed by atoms with Gasteiger partial charge >= 0.3 is 0 Å². The van der Waals surface area contributed by atoms with E-state index in [-0.39, 0.29) is 6.10 Å². The van der Waals surface area contributed by atoms with Gasteiger partial charge in [-0.3, -0.25) is 0 Å². The van der Waals surface area contributed by atoms with Crippen molar-refractivity contribution in [2.24, 2.45) is 5.92 Å². The first-order chi connectivity index (χ1) is 4.70. The second-order valence-corrected chi connectivity index (χ2v) is 3.49. The summed E-state index contributed by atoms with van der Waals surface area (Å²) in [5, 5.41) is 12.6. The average molecular weight is 143 g/mol. The lowest BCUT2D eigenvalue weighted by Gasteiger charge is -2.14. The molecule has 2 nitrogen and oxygen atoms in total. The molecule has 2 heteroatoms. The first-order valence-corrected chi connectivity index (χ1v) is 4.11. The maximum Gasteiger partial charge on any atom is 0.0687 e. The Kier molecular flexibility index (Phi) is 2.69. The van der Waals surface area contributed by atoms with Crippen LogP contribution in [0, 0.1) is 5.92 Å². The van der Waals surface area contributed by atoms with Crippen LogP contribution in [-0.2, 0) is 0 Å². The number of aliphatic hydroxyl groups is 1. The van der Waals surface area contributed by atoms with Crippen molar-refractivity contribution in [3.8, 4) is 0 Å². The smallest absolute Gasteiger partial charge is 0.0687 e. The first-order valence-electron chi connectivity index (χ1n) is 4.11. The van der Waals surface area contributed by atoms with Crippen LogP contribution in [-0.4, -0.2) is 23.8 Å². The van der Waals surface area contributed by atoms with E-state index >= 15 is 0 Å². The molecule has 0 amide bonds. The highest BCUT2D eigenvalue weighted by Gasteiger charge is 2.21. The third kappa shape index (κ3) is 2.67. The van der Waals surface area contributed by atoms with Gasteiger partial charge < -0.3 is 10.4 Å². The molecule has 0 aromatic carbocycles. The predicted octanol–water partition coefficient (Wildman–Crippen LogP) is 0.755. The van der Waals surface area contributed by atoms with E-state index in [0.717, 1.165) is 6.54 Å². The fourth-order valence-corrected chi connectivity index (χ4v) is 0.811. The van der Waals surface area contributed by atoms with Gasteiger partial charge in [0.05, 0.1) is 6.10 Å². The molecule has 2 N–H and O–H groups in total. The molecule has 60 valence electrons. The van der Waals surface area contributed by atoms with E-state index in [9.17, 15) is 5.11 Å². The molecule has 1 unspecified atom stereocenters. The minimum absolute atomic E-state index is 0.166. The molecule has 0 spiro atoms. The highest BCUT2D eigenvalue weighted by molar-refractivity contribution is 4.82. The van der Waals surface area contributed by atoms with Gasteiger partial charge in [-0.25, -0.2) is 0 Å². The van der Waals surface area contributed by atoms with Gasteiger partial charge in [-0.15, -0.1) is 0 Å². The third-order valence-corrected chi connectivity index (χ3v) is 1.96. The molecule has 1 aliphatic carbocycles. The molecule has 0 radical (unpaired) electrons. The van der Waals surface area contributed by atoms with Crippen molar-refractivity contribution in [3.05, 3.63) is 0 Å². The quantitative estimate of drug-likeness (QED) is 0.609. The molecule has 1 aliphatic rings. The monoisotopic (exact) mass is 143 g/mol. The minimum atomic E-state index is -0.166. The normalized spacial score (nSPS) is 21.6. The molecule has 0 aliphatic heterocycles. The van der Waals surface area contributed by atoms with Crippen LogP contribution < -0.4 is 5.32 Å². The van der Waals surface area contributed by atoms with Crippen LogP contribution in [0.15, 0.2) is 0 Å². The number of hydrogen-bond acceptors (Lipinski definition) is 2. The summed E-state index contributed by atoms with van der Waals surface area (Å²) >= 11 is 0. The van der Waals surface area contributed by atoms with Gasteiger partial charge in [0, 0.05) is 12.6 Å². The second-order valence-electron chi connectivity index (χ2n) is 3.49. The Balaban J connectivity index is 1.99. The molecule has 10 heavy (non-hydrogen) atoms. The predicted molar refractivity (Wildman–Crippen MR) is 41.9 cm³/mol. The number of aliphatic hydroxyl groups excluding tert-OH is 1. The second kappa shape index (κ2) is 3.35. The largest absolute Gasteiger partial charge is 0.392 e. The Morgan fingerprint density at radius 2 is 2.10 bits per heavy atom. The number of hydrogen-bond donors (Lipinski definition) is 2. The van der Waals surface area contributed by atoms with Crippen LogP contribution in [0.1, 0.15) is 26.7 Å². The standard InChI is InChI=1S/C8H17NO/c1-6(2)8(10)5-9-7-3-4-7/h6-10H,3-5H2,1-2H3. The van der Waals surface area contributed by atoms with Crippen LogP contribution in [0.25, 0.3) is 0 Å². The number of rotatable bonds is 4. The highest BCUT2D eigenvalue weighted by atomic mass is 16.3. The van der Waals surface area contributed by atoms with Gasteiger partial charge in [0.15, 0.2) is 0 Å². The summed E-state index contributed by atoms with van der Waals surface area (Å²) in [4.78, 5) is 0. The van der Waals surface area contributed by atoms with Gasteiger partial charge in [-0.05, 0) is 18.8 Å².